The molecule has 0 N–H and O–H groups in total. The Hall–Kier alpha value is -2.77. The first-order valence-corrected chi connectivity index (χ1v) is 11.1. The van der Waals surface area contributed by atoms with Gasteiger partial charge in [0.25, 0.3) is 0 Å². The third kappa shape index (κ3) is 5.34. The van der Waals surface area contributed by atoms with Gasteiger partial charge in [-0.25, -0.2) is 4.39 Å². The molecule has 1 aliphatic heterocycles. The maximum atomic E-state index is 14.1. The van der Waals surface area contributed by atoms with Gasteiger partial charge >= 0.3 is 0 Å². The molecule has 0 saturated carbocycles. The first-order valence-electron chi connectivity index (χ1n) is 10.7. The first kappa shape index (κ1) is 22.4. The fourth-order valence-electron chi connectivity index (χ4n) is 3.96. The normalized spacial score (nSPS) is 15.1. The molecule has 0 atom stereocenters. The van der Waals surface area contributed by atoms with Crippen LogP contribution < -0.4 is 0 Å². The van der Waals surface area contributed by atoms with Crippen LogP contribution in [0.15, 0.2) is 47.0 Å². The number of likely N-dealkylation sites (tertiary alicyclic amines) is 1. The molecule has 4 rings (SSSR count). The number of rotatable bonds is 6. The zero-order chi connectivity index (χ0) is 22.7. The highest BCUT2D eigenvalue weighted by molar-refractivity contribution is 6.30. The SMILES string of the molecule is Cc1ccc(-c2noc(CN(C)C(=O)C3CCN(Cc4ccc(Cl)cc4F)CC3)n2)cc1. The number of aromatic nitrogens is 2. The summed E-state index contributed by atoms with van der Waals surface area (Å²) in [5.41, 5.74) is 2.66. The summed E-state index contributed by atoms with van der Waals surface area (Å²) in [6.45, 7) is 4.29. The van der Waals surface area contributed by atoms with E-state index in [9.17, 15) is 9.18 Å². The van der Waals surface area contributed by atoms with Gasteiger partial charge in [-0.05, 0) is 45.0 Å². The van der Waals surface area contributed by atoms with Gasteiger partial charge in [0, 0.05) is 35.7 Å². The first-order chi connectivity index (χ1) is 15.4. The topological polar surface area (TPSA) is 62.5 Å². The number of halogens is 2. The van der Waals surface area contributed by atoms with Crippen molar-refractivity contribution in [3.05, 3.63) is 70.3 Å². The fourth-order valence-corrected chi connectivity index (χ4v) is 4.12. The molecule has 1 aliphatic rings. The number of benzene rings is 2. The molecule has 2 aromatic carbocycles. The number of aryl methyl sites for hydroxylation is 1. The molecule has 0 aliphatic carbocycles. The summed E-state index contributed by atoms with van der Waals surface area (Å²) in [7, 11) is 1.76. The second-order valence-electron chi connectivity index (χ2n) is 8.36. The Morgan fingerprint density at radius 1 is 1.22 bits per heavy atom. The molecule has 32 heavy (non-hydrogen) atoms. The van der Waals surface area contributed by atoms with Crippen LogP contribution in [0.2, 0.25) is 5.02 Å². The highest BCUT2D eigenvalue weighted by Crippen LogP contribution is 2.23. The Balaban J connectivity index is 1.29. The Bertz CT molecular complexity index is 1080. The van der Waals surface area contributed by atoms with Gasteiger partial charge in [-0.1, -0.05) is 52.7 Å². The minimum Gasteiger partial charge on any atom is -0.337 e. The van der Waals surface area contributed by atoms with Crippen LogP contribution in [0.1, 0.15) is 29.9 Å². The summed E-state index contributed by atoms with van der Waals surface area (Å²) in [5, 5.41) is 4.43. The number of amides is 1. The predicted octanol–water partition coefficient (Wildman–Crippen LogP) is 4.71. The van der Waals surface area contributed by atoms with E-state index in [1.54, 1.807) is 24.1 Å². The van der Waals surface area contributed by atoms with Crippen molar-refractivity contribution in [3.8, 4) is 11.4 Å². The minimum absolute atomic E-state index is 0.0641. The lowest BCUT2D eigenvalue weighted by Gasteiger charge is -2.33. The third-order valence-corrected chi connectivity index (χ3v) is 6.11. The molecule has 1 fully saturated rings. The molecule has 6 nitrogen and oxygen atoms in total. The molecular weight excluding hydrogens is 431 g/mol. The van der Waals surface area contributed by atoms with E-state index in [1.165, 1.54) is 6.07 Å². The summed E-state index contributed by atoms with van der Waals surface area (Å²) >= 11 is 5.83. The zero-order valence-electron chi connectivity index (χ0n) is 18.2. The van der Waals surface area contributed by atoms with E-state index in [1.807, 2.05) is 31.2 Å². The molecule has 168 valence electrons. The third-order valence-electron chi connectivity index (χ3n) is 5.87. The fraction of sp³-hybridized carbons (Fsp3) is 0.375. The van der Waals surface area contributed by atoms with Gasteiger partial charge in [0.2, 0.25) is 17.6 Å². The average molecular weight is 457 g/mol. The van der Waals surface area contributed by atoms with E-state index < -0.39 is 0 Å². The number of carbonyl (C=O) groups is 1. The number of piperidine rings is 1. The van der Waals surface area contributed by atoms with Crippen molar-refractivity contribution in [1.29, 1.82) is 0 Å². The molecule has 0 radical (unpaired) electrons. The highest BCUT2D eigenvalue weighted by Gasteiger charge is 2.28. The van der Waals surface area contributed by atoms with Crippen LogP contribution in [0.4, 0.5) is 4.39 Å². The van der Waals surface area contributed by atoms with Crippen LogP contribution in [0.25, 0.3) is 11.4 Å². The van der Waals surface area contributed by atoms with Crippen molar-refractivity contribution in [2.45, 2.75) is 32.9 Å². The van der Waals surface area contributed by atoms with Gasteiger partial charge in [0.15, 0.2) is 0 Å². The lowest BCUT2D eigenvalue weighted by molar-refractivity contribution is -0.136. The molecule has 1 saturated heterocycles. The van der Waals surface area contributed by atoms with Crippen molar-refractivity contribution < 1.29 is 13.7 Å². The van der Waals surface area contributed by atoms with E-state index in [0.717, 1.165) is 37.1 Å². The van der Waals surface area contributed by atoms with Crippen LogP contribution in [-0.4, -0.2) is 46.0 Å². The molecule has 0 bridgehead atoms. The van der Waals surface area contributed by atoms with Crippen molar-refractivity contribution in [1.82, 2.24) is 19.9 Å². The van der Waals surface area contributed by atoms with E-state index in [2.05, 4.69) is 15.0 Å². The van der Waals surface area contributed by atoms with E-state index >= 15 is 0 Å². The standard InChI is InChI=1S/C24H26ClFN4O2/c1-16-3-5-17(6-4-16)23-27-22(32-28-23)15-29(2)24(31)18-9-11-30(12-10-18)14-19-7-8-20(25)13-21(19)26/h3-8,13,18H,9-12,14-15H2,1-2H3. The van der Waals surface area contributed by atoms with Crippen LogP contribution in [-0.2, 0) is 17.9 Å². The Labute approximate surface area is 192 Å². The van der Waals surface area contributed by atoms with Crippen molar-refractivity contribution in [3.63, 3.8) is 0 Å². The van der Waals surface area contributed by atoms with Crippen LogP contribution in [0.5, 0.6) is 0 Å². The average Bonchev–Trinajstić information content (AvgIpc) is 3.24. The number of nitrogens with zero attached hydrogens (tertiary/aromatic N) is 4. The summed E-state index contributed by atoms with van der Waals surface area (Å²) < 4.78 is 19.4. The van der Waals surface area contributed by atoms with Gasteiger partial charge in [-0.2, -0.15) is 4.98 Å². The molecule has 2 heterocycles. The minimum atomic E-state index is -0.292. The van der Waals surface area contributed by atoms with Gasteiger partial charge in [-0.3, -0.25) is 9.69 Å². The quantitative estimate of drug-likeness (QED) is 0.537. The number of carbonyl (C=O) groups excluding carboxylic acids is 1. The second-order valence-corrected chi connectivity index (χ2v) is 8.79. The lowest BCUT2D eigenvalue weighted by atomic mass is 9.95. The Kier molecular flexibility index (Phi) is 6.86. The molecule has 0 unspecified atom stereocenters. The van der Waals surface area contributed by atoms with Crippen molar-refractivity contribution in [2.24, 2.45) is 5.92 Å². The maximum absolute atomic E-state index is 14.1. The second kappa shape index (κ2) is 9.79. The van der Waals surface area contributed by atoms with Gasteiger partial charge in [0.05, 0.1) is 6.54 Å². The Morgan fingerprint density at radius 3 is 2.62 bits per heavy atom. The summed E-state index contributed by atoms with van der Waals surface area (Å²) in [6.07, 6.45) is 1.47. The van der Waals surface area contributed by atoms with Crippen LogP contribution in [0.3, 0.4) is 0 Å². The van der Waals surface area contributed by atoms with Crippen LogP contribution in [0, 0.1) is 18.7 Å². The summed E-state index contributed by atoms with van der Waals surface area (Å²) in [4.78, 5) is 21.2. The largest absolute Gasteiger partial charge is 0.337 e. The highest BCUT2D eigenvalue weighted by atomic mass is 35.5. The van der Waals surface area contributed by atoms with E-state index in [-0.39, 0.29) is 24.2 Å². The van der Waals surface area contributed by atoms with Crippen LogP contribution >= 0.6 is 11.6 Å². The van der Waals surface area contributed by atoms with E-state index in [4.69, 9.17) is 16.1 Å². The summed E-state index contributed by atoms with van der Waals surface area (Å²) in [6, 6.07) is 12.6. The van der Waals surface area contributed by atoms with Crippen molar-refractivity contribution >= 4 is 17.5 Å². The lowest BCUT2D eigenvalue weighted by Crippen LogP contribution is -2.40. The molecule has 8 heteroatoms. The van der Waals surface area contributed by atoms with E-state index in [0.29, 0.717) is 28.8 Å². The number of hydrogen-bond acceptors (Lipinski definition) is 5. The molecular formula is C24H26ClFN4O2. The van der Waals surface area contributed by atoms with Crippen molar-refractivity contribution in [2.75, 3.05) is 20.1 Å². The summed E-state index contributed by atoms with van der Waals surface area (Å²) in [5.74, 6) is 0.638. The van der Waals surface area contributed by atoms with Gasteiger partial charge in [-0.15, -0.1) is 0 Å². The van der Waals surface area contributed by atoms with Gasteiger partial charge in [0.1, 0.15) is 5.82 Å². The smallest absolute Gasteiger partial charge is 0.246 e. The molecule has 0 spiro atoms. The predicted molar refractivity (Wildman–Crippen MR) is 120 cm³/mol. The molecule has 1 amide bonds. The monoisotopic (exact) mass is 456 g/mol. The van der Waals surface area contributed by atoms with Gasteiger partial charge < -0.3 is 9.42 Å². The zero-order valence-corrected chi connectivity index (χ0v) is 19.0. The molecule has 3 aromatic rings. The molecule has 1 aromatic heterocycles. The number of hydrogen-bond donors (Lipinski definition) is 0. The maximum Gasteiger partial charge on any atom is 0.246 e. The Morgan fingerprint density at radius 2 is 1.94 bits per heavy atom.